The summed E-state index contributed by atoms with van der Waals surface area (Å²) in [6, 6.07) is 17.1. The molecular weight excluding hydrogens is 216 g/mol. The molecule has 0 aromatic heterocycles. The van der Waals surface area contributed by atoms with Crippen molar-refractivity contribution in [1.29, 1.82) is 0 Å². The Morgan fingerprint density at radius 1 is 0.722 bits per heavy atom. The first kappa shape index (κ1) is 12.4. The van der Waals surface area contributed by atoms with Crippen molar-refractivity contribution < 1.29 is 0 Å². The Morgan fingerprint density at radius 2 is 1.39 bits per heavy atom. The number of hydrogen-bond donors (Lipinski definition) is 0. The molecule has 2 aromatic carbocycles. The van der Waals surface area contributed by atoms with Crippen LogP contribution in [0.2, 0.25) is 0 Å². The fourth-order valence-electron chi connectivity index (χ4n) is 2.14. The summed E-state index contributed by atoms with van der Waals surface area (Å²) in [5, 5.41) is 0. The van der Waals surface area contributed by atoms with E-state index in [2.05, 4.69) is 55.6 Å². The maximum Gasteiger partial charge on any atom is -0.00971 e. The number of benzene rings is 2. The topological polar surface area (TPSA) is 0 Å². The largest absolute Gasteiger partial charge is 0.103 e. The zero-order chi connectivity index (χ0) is 12.8. The Bertz CT molecular complexity index is 535. The Hall–Kier alpha value is -2.08. The molecule has 0 heterocycles. The minimum atomic E-state index is 0.907. The summed E-state index contributed by atoms with van der Waals surface area (Å²) in [4.78, 5) is 0. The quantitative estimate of drug-likeness (QED) is 0.651. The van der Waals surface area contributed by atoms with E-state index in [-0.39, 0.29) is 0 Å². The molecule has 0 aliphatic heterocycles. The molecule has 18 heavy (non-hydrogen) atoms. The molecule has 0 unspecified atom stereocenters. The lowest BCUT2D eigenvalue weighted by Crippen LogP contribution is -1.92. The Labute approximate surface area is 109 Å². The average molecular weight is 234 g/mol. The summed E-state index contributed by atoms with van der Waals surface area (Å²) in [7, 11) is 0. The molecule has 0 radical (unpaired) electrons. The van der Waals surface area contributed by atoms with Crippen LogP contribution in [0.5, 0.6) is 0 Å². The minimum Gasteiger partial charge on any atom is -0.103 e. The van der Waals surface area contributed by atoms with Crippen molar-refractivity contribution in [3.05, 3.63) is 85.0 Å². The Kier molecular flexibility index (Phi) is 4.14. The van der Waals surface area contributed by atoms with E-state index < -0.39 is 0 Å². The predicted molar refractivity (Wildman–Crippen MR) is 79.7 cm³/mol. The second-order valence-corrected chi connectivity index (χ2v) is 4.34. The van der Waals surface area contributed by atoms with Crippen molar-refractivity contribution in [3.63, 3.8) is 0 Å². The molecule has 0 N–H and O–H groups in total. The Morgan fingerprint density at radius 3 is 2.06 bits per heavy atom. The molecule has 0 saturated heterocycles. The monoisotopic (exact) mass is 234 g/mol. The summed E-state index contributed by atoms with van der Waals surface area (Å²) in [5.74, 6) is 0. The second-order valence-electron chi connectivity index (χ2n) is 4.34. The van der Waals surface area contributed by atoms with Gasteiger partial charge in [0.25, 0.3) is 0 Å². The predicted octanol–water partition coefficient (Wildman–Crippen LogP) is 4.81. The van der Waals surface area contributed by atoms with E-state index in [0.29, 0.717) is 0 Å². The van der Waals surface area contributed by atoms with Crippen molar-refractivity contribution in [3.8, 4) is 11.1 Å². The van der Waals surface area contributed by atoms with Crippen LogP contribution in [-0.4, -0.2) is 0 Å². The van der Waals surface area contributed by atoms with Crippen LogP contribution in [0.25, 0.3) is 11.1 Å². The van der Waals surface area contributed by atoms with Gasteiger partial charge in [-0.3, -0.25) is 0 Å². The van der Waals surface area contributed by atoms with Crippen molar-refractivity contribution >= 4 is 0 Å². The standard InChI is InChI=1S/C18H18/c1-3-8-15-12-13-18(14-17(15)9-4-2)16-10-6-5-7-11-16/h3-7,10-14H,1-2,8-9H2. The van der Waals surface area contributed by atoms with Crippen molar-refractivity contribution in [2.24, 2.45) is 0 Å². The van der Waals surface area contributed by atoms with Gasteiger partial charge in [0.15, 0.2) is 0 Å². The summed E-state index contributed by atoms with van der Waals surface area (Å²) in [5.41, 5.74) is 5.20. The maximum atomic E-state index is 3.83. The summed E-state index contributed by atoms with van der Waals surface area (Å²) >= 11 is 0. The lowest BCUT2D eigenvalue weighted by molar-refractivity contribution is 1.15. The van der Waals surface area contributed by atoms with Crippen molar-refractivity contribution in [2.45, 2.75) is 12.8 Å². The van der Waals surface area contributed by atoms with E-state index in [1.165, 1.54) is 22.3 Å². The van der Waals surface area contributed by atoms with E-state index in [1.54, 1.807) is 0 Å². The van der Waals surface area contributed by atoms with Gasteiger partial charge in [0, 0.05) is 0 Å². The first-order chi connectivity index (χ1) is 8.85. The van der Waals surface area contributed by atoms with Crippen LogP contribution in [0, 0.1) is 0 Å². The van der Waals surface area contributed by atoms with Crippen LogP contribution < -0.4 is 0 Å². The highest BCUT2D eigenvalue weighted by Crippen LogP contribution is 2.23. The lowest BCUT2D eigenvalue weighted by Gasteiger charge is -2.09. The maximum absolute atomic E-state index is 3.83. The van der Waals surface area contributed by atoms with Gasteiger partial charge >= 0.3 is 0 Å². The first-order valence-electron chi connectivity index (χ1n) is 6.24. The van der Waals surface area contributed by atoms with Crippen molar-refractivity contribution in [1.82, 2.24) is 0 Å². The third-order valence-corrected chi connectivity index (χ3v) is 3.04. The van der Waals surface area contributed by atoms with Crippen LogP contribution >= 0.6 is 0 Å². The van der Waals surface area contributed by atoms with Gasteiger partial charge in [-0.25, -0.2) is 0 Å². The van der Waals surface area contributed by atoms with Crippen LogP contribution in [0.3, 0.4) is 0 Å². The van der Waals surface area contributed by atoms with Crippen LogP contribution in [0.1, 0.15) is 11.1 Å². The molecule has 0 bridgehead atoms. The molecule has 2 rings (SSSR count). The highest BCUT2D eigenvalue weighted by molar-refractivity contribution is 5.65. The van der Waals surface area contributed by atoms with E-state index in [4.69, 9.17) is 0 Å². The Balaban J connectivity index is 2.42. The number of allylic oxidation sites excluding steroid dienone is 2. The fraction of sp³-hybridized carbons (Fsp3) is 0.111. The molecular formula is C18H18. The van der Waals surface area contributed by atoms with Gasteiger partial charge in [-0.2, -0.15) is 0 Å². The molecule has 0 aliphatic rings. The molecule has 2 aromatic rings. The highest BCUT2D eigenvalue weighted by Gasteiger charge is 2.03. The molecule has 0 saturated carbocycles. The van der Waals surface area contributed by atoms with E-state index >= 15 is 0 Å². The van der Waals surface area contributed by atoms with Gasteiger partial charge in [-0.1, -0.05) is 60.7 Å². The van der Waals surface area contributed by atoms with Crippen LogP contribution in [0.4, 0.5) is 0 Å². The molecule has 0 amide bonds. The minimum absolute atomic E-state index is 0.907. The van der Waals surface area contributed by atoms with Gasteiger partial charge in [0.1, 0.15) is 0 Å². The third-order valence-electron chi connectivity index (χ3n) is 3.04. The van der Waals surface area contributed by atoms with Crippen LogP contribution in [-0.2, 0) is 12.8 Å². The summed E-state index contributed by atoms with van der Waals surface area (Å²) < 4.78 is 0. The van der Waals surface area contributed by atoms with E-state index in [0.717, 1.165) is 12.8 Å². The highest BCUT2D eigenvalue weighted by atomic mass is 14.1. The lowest BCUT2D eigenvalue weighted by atomic mass is 9.96. The summed E-state index contributed by atoms with van der Waals surface area (Å²) in [6.45, 7) is 7.65. The van der Waals surface area contributed by atoms with E-state index in [9.17, 15) is 0 Å². The number of rotatable bonds is 5. The molecule has 0 heteroatoms. The average Bonchev–Trinajstić information content (AvgIpc) is 2.42. The van der Waals surface area contributed by atoms with Gasteiger partial charge in [-0.15, -0.1) is 13.2 Å². The molecule has 0 nitrogen and oxygen atoms in total. The summed E-state index contributed by atoms with van der Waals surface area (Å²) in [6.07, 6.45) is 5.73. The second kappa shape index (κ2) is 6.02. The SMILES string of the molecule is C=CCc1ccc(-c2ccccc2)cc1CC=C. The molecule has 0 fully saturated rings. The molecule has 0 atom stereocenters. The van der Waals surface area contributed by atoms with Crippen LogP contribution in [0.15, 0.2) is 73.8 Å². The van der Waals surface area contributed by atoms with E-state index in [1.807, 2.05) is 18.2 Å². The fourth-order valence-corrected chi connectivity index (χ4v) is 2.14. The smallest absolute Gasteiger partial charge is 0.00971 e. The van der Waals surface area contributed by atoms with Crippen molar-refractivity contribution in [2.75, 3.05) is 0 Å². The molecule has 0 spiro atoms. The third kappa shape index (κ3) is 2.78. The number of hydrogen-bond acceptors (Lipinski definition) is 0. The van der Waals surface area contributed by atoms with Gasteiger partial charge in [0.05, 0.1) is 0 Å². The van der Waals surface area contributed by atoms with Gasteiger partial charge in [-0.05, 0) is 35.1 Å². The molecule has 90 valence electrons. The zero-order valence-corrected chi connectivity index (χ0v) is 10.6. The molecule has 0 aliphatic carbocycles. The van der Waals surface area contributed by atoms with Gasteiger partial charge < -0.3 is 0 Å². The first-order valence-corrected chi connectivity index (χ1v) is 6.24. The normalized spacial score (nSPS) is 10.0. The van der Waals surface area contributed by atoms with Gasteiger partial charge in [0.2, 0.25) is 0 Å². The zero-order valence-electron chi connectivity index (χ0n) is 10.6.